The molecule has 1 atom stereocenters. The Morgan fingerprint density at radius 1 is 1.62 bits per heavy atom. The van der Waals surface area contributed by atoms with Gasteiger partial charge in [0.05, 0.1) is 0 Å². The normalized spacial score (nSPS) is 33.4. The zero-order chi connectivity index (χ0) is 5.56. The van der Waals surface area contributed by atoms with Gasteiger partial charge in [-0.25, -0.2) is 0 Å². The highest BCUT2D eigenvalue weighted by atomic mass is 14.4. The molecule has 1 fully saturated rings. The summed E-state index contributed by atoms with van der Waals surface area (Å²) in [6.07, 6.45) is 5.73. The maximum Gasteiger partial charge on any atom is 0.00127 e. The Balaban J connectivity index is 2.10. The van der Waals surface area contributed by atoms with Gasteiger partial charge in [-0.3, -0.25) is 0 Å². The SMILES string of the molecule is CCC1=C2CCC[C@H]12. The van der Waals surface area contributed by atoms with Gasteiger partial charge in [0.2, 0.25) is 0 Å². The number of hydrogen-bond acceptors (Lipinski definition) is 0. The van der Waals surface area contributed by atoms with Gasteiger partial charge >= 0.3 is 0 Å². The van der Waals surface area contributed by atoms with E-state index in [4.69, 9.17) is 0 Å². The topological polar surface area (TPSA) is 0 Å². The first-order valence-electron chi connectivity index (χ1n) is 3.65. The van der Waals surface area contributed by atoms with Crippen molar-refractivity contribution in [1.82, 2.24) is 0 Å². The molecule has 0 nitrogen and oxygen atoms in total. The molecule has 0 amide bonds. The number of fused-ring (bicyclic) bond motifs is 1. The first-order chi connectivity index (χ1) is 3.93. The molecule has 0 aromatic heterocycles. The molecule has 0 heteroatoms. The van der Waals surface area contributed by atoms with Crippen molar-refractivity contribution in [3.05, 3.63) is 11.1 Å². The van der Waals surface area contributed by atoms with Crippen molar-refractivity contribution in [2.45, 2.75) is 32.6 Å². The third-order valence-electron chi connectivity index (χ3n) is 2.49. The van der Waals surface area contributed by atoms with Gasteiger partial charge in [0.15, 0.2) is 0 Å². The van der Waals surface area contributed by atoms with E-state index in [2.05, 4.69) is 6.92 Å². The zero-order valence-corrected chi connectivity index (χ0v) is 5.41. The average Bonchev–Trinajstić information content (AvgIpc) is 2.22. The summed E-state index contributed by atoms with van der Waals surface area (Å²) in [5.74, 6) is 1.03. The van der Waals surface area contributed by atoms with Crippen LogP contribution in [0.25, 0.3) is 0 Å². The summed E-state index contributed by atoms with van der Waals surface area (Å²) < 4.78 is 0. The van der Waals surface area contributed by atoms with Crippen LogP contribution in [0.4, 0.5) is 0 Å². The summed E-state index contributed by atoms with van der Waals surface area (Å²) >= 11 is 0. The van der Waals surface area contributed by atoms with Gasteiger partial charge in [-0.2, -0.15) is 0 Å². The lowest BCUT2D eigenvalue weighted by atomic mass is 10.2. The summed E-state index contributed by atoms with van der Waals surface area (Å²) in [4.78, 5) is 0. The predicted octanol–water partition coefficient (Wildman–Crippen LogP) is 2.51. The second-order valence-electron chi connectivity index (χ2n) is 2.85. The summed E-state index contributed by atoms with van der Waals surface area (Å²) in [7, 11) is 0. The lowest BCUT2D eigenvalue weighted by Gasteiger charge is -1.89. The fraction of sp³-hybridized carbons (Fsp3) is 0.750. The molecule has 0 radical (unpaired) electrons. The predicted molar refractivity (Wildman–Crippen MR) is 34.7 cm³/mol. The van der Waals surface area contributed by atoms with Gasteiger partial charge in [0.25, 0.3) is 0 Å². The van der Waals surface area contributed by atoms with E-state index in [0.717, 1.165) is 5.92 Å². The van der Waals surface area contributed by atoms with Crippen LogP contribution in [0.2, 0.25) is 0 Å². The minimum Gasteiger partial charge on any atom is -0.0635 e. The molecule has 2 aliphatic rings. The van der Waals surface area contributed by atoms with Gasteiger partial charge < -0.3 is 0 Å². The fourth-order valence-electron chi connectivity index (χ4n) is 2.03. The van der Waals surface area contributed by atoms with E-state index in [1.54, 1.807) is 5.57 Å². The molecular weight excluding hydrogens is 96.1 g/mol. The number of rotatable bonds is 1. The van der Waals surface area contributed by atoms with Gasteiger partial charge in [0, 0.05) is 5.92 Å². The zero-order valence-electron chi connectivity index (χ0n) is 5.41. The Labute approximate surface area is 50.6 Å². The molecule has 0 unspecified atom stereocenters. The molecule has 0 aromatic carbocycles. The molecule has 0 aromatic rings. The molecule has 1 saturated carbocycles. The molecule has 0 spiro atoms. The highest BCUT2D eigenvalue weighted by Gasteiger charge is 2.37. The molecule has 0 heterocycles. The molecular formula is C8H12. The van der Waals surface area contributed by atoms with Crippen LogP contribution in [0.15, 0.2) is 11.1 Å². The van der Waals surface area contributed by atoms with Crippen molar-refractivity contribution in [3.63, 3.8) is 0 Å². The Hall–Kier alpha value is -0.260. The molecule has 8 heavy (non-hydrogen) atoms. The van der Waals surface area contributed by atoms with Gasteiger partial charge in [-0.05, 0) is 25.7 Å². The molecule has 0 aliphatic heterocycles. The van der Waals surface area contributed by atoms with E-state index >= 15 is 0 Å². The fourth-order valence-corrected chi connectivity index (χ4v) is 2.03. The standard InChI is InChI=1S/C8H12/c1-2-6-7-4-3-5-8(6)7/h7H,2-5H2,1H3/t7-/m1/s1. The summed E-state index contributed by atoms with van der Waals surface area (Å²) in [5, 5.41) is 0. The summed E-state index contributed by atoms with van der Waals surface area (Å²) in [5.41, 5.74) is 3.63. The smallest absolute Gasteiger partial charge is 0.00127 e. The summed E-state index contributed by atoms with van der Waals surface area (Å²) in [6.45, 7) is 2.28. The van der Waals surface area contributed by atoms with Crippen LogP contribution in [0.5, 0.6) is 0 Å². The van der Waals surface area contributed by atoms with Gasteiger partial charge in [-0.1, -0.05) is 18.1 Å². The van der Waals surface area contributed by atoms with Crippen molar-refractivity contribution in [2.24, 2.45) is 5.92 Å². The highest BCUT2D eigenvalue weighted by Crippen LogP contribution is 2.52. The molecule has 0 N–H and O–H groups in total. The van der Waals surface area contributed by atoms with Crippen LogP contribution < -0.4 is 0 Å². The minimum absolute atomic E-state index is 1.03. The Kier molecular flexibility index (Phi) is 0.787. The van der Waals surface area contributed by atoms with E-state index < -0.39 is 0 Å². The maximum atomic E-state index is 2.28. The molecule has 44 valence electrons. The minimum atomic E-state index is 1.03. The molecule has 0 saturated heterocycles. The maximum absolute atomic E-state index is 2.28. The Bertz CT molecular complexity index is 136. The second-order valence-corrected chi connectivity index (χ2v) is 2.85. The lowest BCUT2D eigenvalue weighted by molar-refractivity contribution is 0.765. The third kappa shape index (κ3) is 0.410. The van der Waals surface area contributed by atoms with Crippen molar-refractivity contribution in [2.75, 3.05) is 0 Å². The average molecular weight is 108 g/mol. The largest absolute Gasteiger partial charge is 0.0635 e. The number of hydrogen-bond donors (Lipinski definition) is 0. The van der Waals surface area contributed by atoms with E-state index in [1.165, 1.54) is 25.7 Å². The lowest BCUT2D eigenvalue weighted by Crippen LogP contribution is -1.74. The van der Waals surface area contributed by atoms with Crippen LogP contribution in [-0.2, 0) is 0 Å². The highest BCUT2D eigenvalue weighted by molar-refractivity contribution is 5.43. The van der Waals surface area contributed by atoms with Gasteiger partial charge in [-0.15, -0.1) is 0 Å². The quantitative estimate of drug-likeness (QED) is 0.453. The van der Waals surface area contributed by atoms with E-state index in [-0.39, 0.29) is 0 Å². The van der Waals surface area contributed by atoms with E-state index in [1.807, 2.05) is 5.57 Å². The number of allylic oxidation sites excluding steroid dienone is 2. The molecule has 0 bridgehead atoms. The second kappa shape index (κ2) is 1.37. The van der Waals surface area contributed by atoms with Crippen LogP contribution in [0.1, 0.15) is 32.6 Å². The first-order valence-corrected chi connectivity index (χ1v) is 3.65. The molecule has 2 aliphatic carbocycles. The van der Waals surface area contributed by atoms with Crippen molar-refractivity contribution < 1.29 is 0 Å². The van der Waals surface area contributed by atoms with E-state index in [0.29, 0.717) is 0 Å². The third-order valence-corrected chi connectivity index (χ3v) is 2.49. The molecule has 2 rings (SSSR count). The Morgan fingerprint density at radius 2 is 2.50 bits per heavy atom. The monoisotopic (exact) mass is 108 g/mol. The van der Waals surface area contributed by atoms with Crippen molar-refractivity contribution in [3.8, 4) is 0 Å². The summed E-state index contributed by atoms with van der Waals surface area (Å²) in [6, 6.07) is 0. The van der Waals surface area contributed by atoms with E-state index in [9.17, 15) is 0 Å². The van der Waals surface area contributed by atoms with Gasteiger partial charge in [0.1, 0.15) is 0 Å². The van der Waals surface area contributed by atoms with Crippen LogP contribution in [-0.4, -0.2) is 0 Å². The van der Waals surface area contributed by atoms with Crippen molar-refractivity contribution >= 4 is 0 Å². The van der Waals surface area contributed by atoms with Crippen LogP contribution >= 0.6 is 0 Å². The van der Waals surface area contributed by atoms with Crippen LogP contribution in [0, 0.1) is 5.92 Å². The van der Waals surface area contributed by atoms with Crippen LogP contribution in [0.3, 0.4) is 0 Å². The van der Waals surface area contributed by atoms with Crippen molar-refractivity contribution in [1.29, 1.82) is 0 Å². The first kappa shape index (κ1) is 4.60. The Morgan fingerprint density at radius 3 is 2.88 bits per heavy atom.